The maximum atomic E-state index is 13.5. The minimum Gasteiger partial charge on any atom is -0.361 e. The van der Waals surface area contributed by atoms with Gasteiger partial charge in [0.2, 0.25) is 0 Å². The maximum Gasteiger partial charge on any atom is 0.252 e. The van der Waals surface area contributed by atoms with Gasteiger partial charge in [0, 0.05) is 30.2 Å². The number of hydrogen-bond donors (Lipinski definition) is 1. The number of thiophene rings is 1. The van der Waals surface area contributed by atoms with E-state index in [0.29, 0.717) is 17.3 Å². The number of nitrogens with zero attached hydrogens (tertiary/aromatic N) is 1. The molecule has 4 rings (SSSR count). The molecular formula is C17H17FN2O2S2. The van der Waals surface area contributed by atoms with E-state index in [1.165, 1.54) is 17.4 Å². The molecule has 1 aliphatic heterocycles. The van der Waals surface area contributed by atoms with Gasteiger partial charge in [-0.05, 0) is 54.0 Å². The summed E-state index contributed by atoms with van der Waals surface area (Å²) in [5.41, 5.74) is 2.00. The van der Waals surface area contributed by atoms with Crippen molar-refractivity contribution in [3.05, 3.63) is 53.3 Å². The Morgan fingerprint density at radius 2 is 2.00 bits per heavy atom. The zero-order valence-corrected chi connectivity index (χ0v) is 14.5. The van der Waals surface area contributed by atoms with E-state index in [4.69, 9.17) is 0 Å². The Labute approximate surface area is 144 Å². The monoisotopic (exact) mass is 364 g/mol. The van der Waals surface area contributed by atoms with Crippen molar-refractivity contribution in [3.63, 3.8) is 0 Å². The summed E-state index contributed by atoms with van der Waals surface area (Å²) in [4.78, 5) is 3.18. The van der Waals surface area contributed by atoms with Crippen molar-refractivity contribution in [3.8, 4) is 0 Å². The molecule has 0 aliphatic carbocycles. The van der Waals surface area contributed by atoms with Crippen molar-refractivity contribution in [1.82, 2.24) is 9.29 Å². The maximum absolute atomic E-state index is 13.5. The second kappa shape index (κ2) is 5.98. The molecule has 1 N–H and O–H groups in total. The topological polar surface area (TPSA) is 53.2 Å². The van der Waals surface area contributed by atoms with Crippen molar-refractivity contribution in [2.75, 3.05) is 13.1 Å². The van der Waals surface area contributed by atoms with E-state index in [1.54, 1.807) is 34.0 Å². The van der Waals surface area contributed by atoms with Crippen LogP contribution in [0, 0.1) is 5.82 Å². The predicted molar refractivity (Wildman–Crippen MR) is 93.3 cm³/mol. The summed E-state index contributed by atoms with van der Waals surface area (Å²) in [6.07, 6.45) is 3.42. The zero-order valence-electron chi connectivity index (χ0n) is 12.9. The van der Waals surface area contributed by atoms with Gasteiger partial charge in [-0.25, -0.2) is 12.8 Å². The Bertz CT molecular complexity index is 956. The van der Waals surface area contributed by atoms with Crippen molar-refractivity contribution in [1.29, 1.82) is 0 Å². The molecule has 1 fully saturated rings. The minimum absolute atomic E-state index is 0.246. The molecule has 0 radical (unpaired) electrons. The number of halogens is 1. The molecule has 3 heterocycles. The van der Waals surface area contributed by atoms with E-state index >= 15 is 0 Å². The predicted octanol–water partition coefficient (Wildman–Crippen LogP) is 3.94. The highest BCUT2D eigenvalue weighted by atomic mass is 32.2. The molecule has 1 saturated heterocycles. The Morgan fingerprint density at radius 3 is 2.71 bits per heavy atom. The standard InChI is InChI=1S/C17H17FN2O2S2/c18-13-3-4-16-14(10-13)15(11-19-16)12-5-7-20(8-6-12)24(21,22)17-2-1-9-23-17/h1-4,9-12,19H,5-8H2. The molecule has 3 aromatic rings. The SMILES string of the molecule is O=S(=O)(c1cccs1)N1CCC(c2c[nH]c3ccc(F)cc23)CC1. The van der Waals surface area contributed by atoms with Gasteiger partial charge < -0.3 is 4.98 Å². The van der Waals surface area contributed by atoms with Crippen molar-refractivity contribution in [2.24, 2.45) is 0 Å². The Kier molecular flexibility index (Phi) is 3.94. The lowest BCUT2D eigenvalue weighted by Gasteiger charge is -2.30. The van der Waals surface area contributed by atoms with E-state index in [2.05, 4.69) is 4.98 Å². The van der Waals surface area contributed by atoms with Crippen LogP contribution in [0.3, 0.4) is 0 Å². The fraction of sp³-hybridized carbons (Fsp3) is 0.294. The van der Waals surface area contributed by atoms with Gasteiger partial charge in [0.1, 0.15) is 10.0 Å². The third kappa shape index (κ3) is 2.66. The first-order chi connectivity index (χ1) is 11.6. The molecular weight excluding hydrogens is 347 g/mol. The lowest BCUT2D eigenvalue weighted by molar-refractivity contribution is 0.321. The van der Waals surface area contributed by atoms with Gasteiger partial charge in [0.25, 0.3) is 10.0 Å². The van der Waals surface area contributed by atoms with Crippen molar-refractivity contribution >= 4 is 32.3 Å². The summed E-state index contributed by atoms with van der Waals surface area (Å²) >= 11 is 1.25. The van der Waals surface area contributed by atoms with Crippen LogP contribution in [-0.4, -0.2) is 30.8 Å². The summed E-state index contributed by atoms with van der Waals surface area (Å²) in [7, 11) is -3.38. The molecule has 1 aliphatic rings. The van der Waals surface area contributed by atoms with Crippen LogP contribution in [0.1, 0.15) is 24.3 Å². The molecule has 4 nitrogen and oxygen atoms in total. The second-order valence-electron chi connectivity index (χ2n) is 6.04. The third-order valence-electron chi connectivity index (χ3n) is 4.66. The molecule has 7 heteroatoms. The van der Waals surface area contributed by atoms with Crippen molar-refractivity contribution in [2.45, 2.75) is 23.0 Å². The summed E-state index contributed by atoms with van der Waals surface area (Å²) in [6, 6.07) is 8.14. The van der Waals surface area contributed by atoms with Crippen LogP contribution in [0.5, 0.6) is 0 Å². The van der Waals surface area contributed by atoms with Gasteiger partial charge in [-0.1, -0.05) is 6.07 Å². The van der Waals surface area contributed by atoms with Gasteiger partial charge >= 0.3 is 0 Å². The van der Waals surface area contributed by atoms with Crippen LogP contribution in [0.15, 0.2) is 46.1 Å². The number of piperidine rings is 1. The second-order valence-corrected chi connectivity index (χ2v) is 9.16. The molecule has 0 spiro atoms. The highest BCUT2D eigenvalue weighted by Gasteiger charge is 2.31. The largest absolute Gasteiger partial charge is 0.361 e. The fourth-order valence-electron chi connectivity index (χ4n) is 3.40. The summed E-state index contributed by atoms with van der Waals surface area (Å²) in [5.74, 6) is -0.00334. The molecule has 0 atom stereocenters. The van der Waals surface area contributed by atoms with E-state index < -0.39 is 10.0 Å². The van der Waals surface area contributed by atoms with Crippen LogP contribution in [0.4, 0.5) is 4.39 Å². The number of rotatable bonds is 3. The molecule has 0 unspecified atom stereocenters. The third-order valence-corrected chi connectivity index (χ3v) is 7.93. The van der Waals surface area contributed by atoms with Crippen LogP contribution in [0.25, 0.3) is 10.9 Å². The Morgan fingerprint density at radius 1 is 1.21 bits per heavy atom. The van der Waals surface area contributed by atoms with E-state index in [0.717, 1.165) is 29.3 Å². The number of fused-ring (bicyclic) bond motifs is 1. The van der Waals surface area contributed by atoms with Gasteiger partial charge in [-0.15, -0.1) is 11.3 Å². The fourth-order valence-corrected chi connectivity index (χ4v) is 6.01. The summed E-state index contributed by atoms with van der Waals surface area (Å²) in [6.45, 7) is 0.986. The number of sulfonamides is 1. The first-order valence-electron chi connectivity index (χ1n) is 7.86. The average Bonchev–Trinajstić information content (AvgIpc) is 3.25. The molecule has 24 heavy (non-hydrogen) atoms. The first-order valence-corrected chi connectivity index (χ1v) is 10.2. The molecule has 2 aromatic heterocycles. The van der Waals surface area contributed by atoms with Crippen molar-refractivity contribution < 1.29 is 12.8 Å². The van der Waals surface area contributed by atoms with Gasteiger partial charge in [-0.2, -0.15) is 4.31 Å². The molecule has 1 aromatic carbocycles. The van der Waals surface area contributed by atoms with Gasteiger partial charge in [0.15, 0.2) is 0 Å². The lowest BCUT2D eigenvalue weighted by Crippen LogP contribution is -2.37. The molecule has 0 bridgehead atoms. The van der Waals surface area contributed by atoms with Crippen LogP contribution >= 0.6 is 11.3 Å². The minimum atomic E-state index is -3.38. The molecule has 0 amide bonds. The average molecular weight is 364 g/mol. The Hall–Kier alpha value is -1.70. The number of nitrogens with one attached hydrogen (secondary N) is 1. The summed E-state index contributed by atoms with van der Waals surface area (Å²) in [5, 5.41) is 2.68. The van der Waals surface area contributed by atoms with Crippen LogP contribution in [-0.2, 0) is 10.0 Å². The summed E-state index contributed by atoms with van der Waals surface area (Å²) < 4.78 is 40.7. The highest BCUT2D eigenvalue weighted by molar-refractivity contribution is 7.91. The molecule has 126 valence electrons. The smallest absolute Gasteiger partial charge is 0.252 e. The quantitative estimate of drug-likeness (QED) is 0.765. The lowest BCUT2D eigenvalue weighted by atomic mass is 9.90. The number of hydrogen-bond acceptors (Lipinski definition) is 3. The van der Waals surface area contributed by atoms with E-state index in [1.807, 2.05) is 6.20 Å². The van der Waals surface area contributed by atoms with Crippen LogP contribution < -0.4 is 0 Å². The number of benzene rings is 1. The van der Waals surface area contributed by atoms with Gasteiger partial charge in [-0.3, -0.25) is 0 Å². The van der Waals surface area contributed by atoms with E-state index in [-0.39, 0.29) is 11.7 Å². The number of aromatic amines is 1. The normalized spacial score (nSPS) is 17.5. The Balaban J connectivity index is 1.55. The first kappa shape index (κ1) is 15.8. The highest BCUT2D eigenvalue weighted by Crippen LogP contribution is 2.35. The van der Waals surface area contributed by atoms with Gasteiger partial charge in [0.05, 0.1) is 0 Å². The number of aromatic nitrogens is 1. The molecule has 0 saturated carbocycles. The zero-order chi connectivity index (χ0) is 16.7. The van der Waals surface area contributed by atoms with Crippen LogP contribution in [0.2, 0.25) is 0 Å². The van der Waals surface area contributed by atoms with E-state index in [9.17, 15) is 12.8 Å². The number of H-pyrrole nitrogens is 1.